The van der Waals surface area contributed by atoms with Crippen molar-refractivity contribution in [3.63, 3.8) is 0 Å². The van der Waals surface area contributed by atoms with Crippen molar-refractivity contribution < 1.29 is 92.3 Å². The number of aliphatic hydroxyl groups excluding tert-OH is 5. The molecule has 4 rings (SSSR count). The van der Waals surface area contributed by atoms with Crippen LogP contribution in [0, 0.1) is 29.6 Å². The lowest BCUT2D eigenvalue weighted by Gasteiger charge is -2.50. The number of likely N-dealkylation sites (N-methyl/N-ethyl adjacent to an activating group) is 1. The zero-order valence-electron chi connectivity index (χ0n) is 42.9. The SMILES string of the molecule is CC[C@H]1OC(=O)C[C@@H](O)[C@H](C)[C@@H](O[C@@H]2O[C@H](C)[C@@H](O[C@H]3C[C@@](C)(O)[C@@H](O)[C@H](C)O3)[C@H](N(C)C)[C@H]2O)[C@@H](CC(OC)OC)C[C@@H](C)C(=O)CCC(C)C(O)[C@@H]1CO[C@@H]1O[C@H](C)[C@@H](O)[C@@H](OC)[C@H]1OC. The number of carbonyl (C=O) groups is 2. The molecule has 0 radical (unpaired) electrons. The number of carbonyl (C=O) groups excluding carboxylic acids is 2. The van der Waals surface area contributed by atoms with E-state index in [2.05, 4.69) is 0 Å². The topological polar surface area (TPSA) is 260 Å². The van der Waals surface area contributed by atoms with E-state index in [1.807, 2.05) is 13.8 Å². The van der Waals surface area contributed by atoms with E-state index in [-0.39, 0.29) is 44.5 Å². The molecule has 4 saturated heterocycles. The summed E-state index contributed by atoms with van der Waals surface area (Å²) in [6.07, 6.45) is -15.7. The molecule has 398 valence electrons. The summed E-state index contributed by atoms with van der Waals surface area (Å²) in [4.78, 5) is 29.9. The molecule has 4 fully saturated rings. The first-order valence-electron chi connectivity index (χ1n) is 24.5. The number of cyclic esters (lactones) is 1. The van der Waals surface area contributed by atoms with Gasteiger partial charge in [0.15, 0.2) is 25.2 Å². The maximum absolute atomic E-state index is 14.1. The lowest BCUT2D eigenvalue weighted by atomic mass is 9.78. The zero-order chi connectivity index (χ0) is 50.9. The van der Waals surface area contributed by atoms with Gasteiger partial charge >= 0.3 is 5.97 Å². The highest BCUT2D eigenvalue weighted by molar-refractivity contribution is 5.80. The van der Waals surface area contributed by atoms with Crippen LogP contribution in [0.25, 0.3) is 0 Å². The van der Waals surface area contributed by atoms with Crippen molar-refractivity contribution in [3.05, 3.63) is 0 Å². The third-order valence-corrected chi connectivity index (χ3v) is 15.0. The summed E-state index contributed by atoms with van der Waals surface area (Å²) in [5.74, 6) is -4.03. The molecular formula is C48H87NO19. The lowest BCUT2D eigenvalue weighted by molar-refractivity contribution is -0.342. The van der Waals surface area contributed by atoms with E-state index in [4.69, 9.17) is 52.1 Å². The van der Waals surface area contributed by atoms with Crippen LogP contribution in [0.2, 0.25) is 0 Å². The van der Waals surface area contributed by atoms with E-state index in [1.54, 1.807) is 53.6 Å². The summed E-state index contributed by atoms with van der Waals surface area (Å²) in [6.45, 7) is 13.6. The Kier molecular flexibility index (Phi) is 22.9. The number of rotatable bonds is 15. The number of hydrogen-bond acceptors (Lipinski definition) is 20. The number of hydrogen-bond donors (Lipinski definition) is 6. The molecule has 6 N–H and O–H groups in total. The number of methoxy groups -OCH3 is 4. The van der Waals surface area contributed by atoms with E-state index in [0.29, 0.717) is 6.42 Å². The van der Waals surface area contributed by atoms with Crippen molar-refractivity contribution in [1.82, 2.24) is 4.90 Å². The number of aliphatic hydroxyl groups is 6. The summed E-state index contributed by atoms with van der Waals surface area (Å²) >= 11 is 0. The normalized spacial score (nSPS) is 45.4. The van der Waals surface area contributed by atoms with Gasteiger partial charge in [-0.05, 0) is 72.9 Å². The van der Waals surface area contributed by atoms with Gasteiger partial charge in [0.05, 0.1) is 61.3 Å². The van der Waals surface area contributed by atoms with Crippen LogP contribution >= 0.6 is 0 Å². The van der Waals surface area contributed by atoms with Gasteiger partial charge in [0.25, 0.3) is 0 Å². The van der Waals surface area contributed by atoms with Crippen molar-refractivity contribution in [3.8, 4) is 0 Å². The van der Waals surface area contributed by atoms with Crippen LogP contribution in [0.4, 0.5) is 0 Å². The summed E-state index contributed by atoms with van der Waals surface area (Å²) in [6, 6.07) is -0.743. The van der Waals surface area contributed by atoms with E-state index in [1.165, 1.54) is 35.4 Å². The Morgan fingerprint density at radius 2 is 1.41 bits per heavy atom. The maximum atomic E-state index is 14.1. The molecule has 4 heterocycles. The van der Waals surface area contributed by atoms with Gasteiger partial charge < -0.3 is 87.6 Å². The monoisotopic (exact) mass is 982 g/mol. The van der Waals surface area contributed by atoms with Crippen molar-refractivity contribution >= 4 is 11.8 Å². The van der Waals surface area contributed by atoms with Gasteiger partial charge in [0, 0.05) is 65.5 Å². The summed E-state index contributed by atoms with van der Waals surface area (Å²) in [7, 11) is 9.42. The highest BCUT2D eigenvalue weighted by Gasteiger charge is 2.52. The Balaban J connectivity index is 1.66. The molecule has 68 heavy (non-hydrogen) atoms. The first-order valence-corrected chi connectivity index (χ1v) is 24.5. The minimum atomic E-state index is -1.49. The van der Waals surface area contributed by atoms with Crippen molar-refractivity contribution in [2.45, 2.75) is 216 Å². The van der Waals surface area contributed by atoms with Crippen molar-refractivity contribution in [2.24, 2.45) is 29.6 Å². The Hall–Kier alpha value is -1.54. The Labute approximate surface area is 403 Å². The van der Waals surface area contributed by atoms with Gasteiger partial charge in [0.2, 0.25) is 0 Å². The second kappa shape index (κ2) is 26.4. The van der Waals surface area contributed by atoms with Crippen LogP contribution in [0.3, 0.4) is 0 Å². The molecule has 0 aromatic rings. The van der Waals surface area contributed by atoms with Crippen LogP contribution in [0.1, 0.15) is 100 Å². The number of Topliss-reactive ketones (excluding diaryl/α,β-unsaturated/α-hetero) is 1. The average Bonchev–Trinajstić information content (AvgIpc) is 3.28. The largest absolute Gasteiger partial charge is 0.462 e. The van der Waals surface area contributed by atoms with Crippen LogP contribution < -0.4 is 0 Å². The van der Waals surface area contributed by atoms with Crippen LogP contribution in [-0.4, -0.2) is 213 Å². The standard InChI is InChI=1S/C48H87NO19/c1-15-33-30(22-62-47-44(61-14)43(60-13)39(54)26(5)64-47)38(53)23(2)16-17-31(50)24(3)18-29(19-35(58-11)59-12)41(25(4)32(51)20-34(52)66-33)68-46-40(55)37(49(9)10)42(27(6)65-46)67-36-21-48(8,57)45(56)28(7)63-36/h23-30,32-33,35-47,51,53-57H,15-22H2,1-14H3/t23?,24-,25+,26-,27-,28+,29-,30-,32-,33-,36+,37-,38?,39-,40-,41-,42-,43-,44-,45+,46+,47-,48-/m1/s1. The molecule has 0 spiro atoms. The predicted octanol–water partition coefficient (Wildman–Crippen LogP) is 1.53. The summed E-state index contributed by atoms with van der Waals surface area (Å²) in [5, 5.41) is 68.3. The molecule has 23 atom stereocenters. The minimum Gasteiger partial charge on any atom is -0.462 e. The molecule has 4 aliphatic heterocycles. The van der Waals surface area contributed by atoms with Gasteiger partial charge in [0.1, 0.15) is 48.5 Å². The van der Waals surface area contributed by atoms with Gasteiger partial charge in [-0.15, -0.1) is 0 Å². The van der Waals surface area contributed by atoms with Crippen LogP contribution in [0.5, 0.6) is 0 Å². The number of ketones is 1. The second-order valence-corrected chi connectivity index (χ2v) is 20.3. The van der Waals surface area contributed by atoms with Crippen molar-refractivity contribution in [1.29, 1.82) is 0 Å². The van der Waals surface area contributed by atoms with E-state index >= 15 is 0 Å². The van der Waals surface area contributed by atoms with Gasteiger partial charge in [-0.1, -0.05) is 27.7 Å². The van der Waals surface area contributed by atoms with Gasteiger partial charge in [-0.2, -0.15) is 0 Å². The molecule has 0 aromatic carbocycles. The lowest BCUT2D eigenvalue weighted by Crippen LogP contribution is -2.65. The average molecular weight is 982 g/mol. The fraction of sp³-hybridized carbons (Fsp3) is 0.958. The molecular weight excluding hydrogens is 895 g/mol. The smallest absolute Gasteiger partial charge is 0.308 e. The highest BCUT2D eigenvalue weighted by atomic mass is 16.7. The first kappa shape index (κ1) is 59.0. The second-order valence-electron chi connectivity index (χ2n) is 20.3. The molecule has 2 unspecified atom stereocenters. The number of ether oxygens (including phenoxy) is 11. The maximum Gasteiger partial charge on any atom is 0.308 e. The van der Waals surface area contributed by atoms with E-state index < -0.39 is 158 Å². The highest BCUT2D eigenvalue weighted by Crippen LogP contribution is 2.39. The van der Waals surface area contributed by atoms with Gasteiger partial charge in [-0.3, -0.25) is 9.59 Å². The fourth-order valence-electron chi connectivity index (χ4n) is 10.5. The van der Waals surface area contributed by atoms with Crippen molar-refractivity contribution in [2.75, 3.05) is 49.1 Å². The predicted molar refractivity (Wildman–Crippen MR) is 244 cm³/mol. The Morgan fingerprint density at radius 1 is 0.779 bits per heavy atom. The van der Waals surface area contributed by atoms with Gasteiger partial charge in [-0.25, -0.2) is 0 Å². The fourth-order valence-corrected chi connectivity index (χ4v) is 10.5. The molecule has 0 aromatic heterocycles. The van der Waals surface area contributed by atoms with Crippen LogP contribution in [0.15, 0.2) is 0 Å². The molecule has 0 bridgehead atoms. The first-order chi connectivity index (χ1) is 31.9. The Morgan fingerprint density at radius 3 is 1.99 bits per heavy atom. The molecule has 0 saturated carbocycles. The van der Waals surface area contributed by atoms with E-state index in [9.17, 15) is 40.2 Å². The minimum absolute atomic E-state index is 0.0336. The Bertz CT molecular complexity index is 1520. The number of esters is 1. The third kappa shape index (κ3) is 14.6. The molecule has 20 nitrogen and oxygen atoms in total. The molecule has 0 aliphatic carbocycles. The number of nitrogens with zero attached hydrogens (tertiary/aromatic N) is 1. The third-order valence-electron chi connectivity index (χ3n) is 15.0. The summed E-state index contributed by atoms with van der Waals surface area (Å²) in [5.41, 5.74) is -1.49. The molecule has 4 aliphatic rings. The zero-order valence-corrected chi connectivity index (χ0v) is 42.9. The summed E-state index contributed by atoms with van der Waals surface area (Å²) < 4.78 is 66.5. The van der Waals surface area contributed by atoms with E-state index in [0.717, 1.165) is 0 Å². The molecule has 20 heteroatoms. The van der Waals surface area contributed by atoms with Crippen LogP contribution in [-0.2, 0) is 61.7 Å². The molecule has 0 amide bonds. The quantitative estimate of drug-likeness (QED) is 0.100.